The van der Waals surface area contributed by atoms with Gasteiger partial charge >= 0.3 is 0 Å². The molecule has 7 heteroatoms. The van der Waals surface area contributed by atoms with E-state index in [1.807, 2.05) is 26.0 Å². The second kappa shape index (κ2) is 8.06. The number of nitrogens with two attached hydrogens (primary N) is 1. The Balaban J connectivity index is 1.54. The predicted octanol–water partition coefficient (Wildman–Crippen LogP) is 4.59. The van der Waals surface area contributed by atoms with Crippen molar-refractivity contribution in [3.8, 4) is 17.7 Å². The number of aromatic amines is 1. The number of hydrogen-bond acceptors (Lipinski definition) is 5. The van der Waals surface area contributed by atoms with Crippen LogP contribution in [-0.4, -0.2) is 21.4 Å². The maximum absolute atomic E-state index is 9.92. The van der Waals surface area contributed by atoms with Gasteiger partial charge in [-0.25, -0.2) is 0 Å². The lowest BCUT2D eigenvalue weighted by Crippen LogP contribution is -2.21. The van der Waals surface area contributed by atoms with Crippen LogP contribution in [0.4, 0.5) is 0 Å². The number of H-pyrrole nitrogens is 1. The minimum atomic E-state index is -0.358. The first-order valence-corrected chi connectivity index (χ1v) is 10.9. The van der Waals surface area contributed by atoms with Gasteiger partial charge in [-0.15, -0.1) is 5.10 Å². The summed E-state index contributed by atoms with van der Waals surface area (Å²) in [5.41, 5.74) is 12.5. The van der Waals surface area contributed by atoms with Gasteiger partial charge in [-0.1, -0.05) is 30.3 Å². The van der Waals surface area contributed by atoms with E-state index in [1.165, 1.54) is 5.56 Å². The fraction of sp³-hybridized carbons (Fsp3) is 0.231. The van der Waals surface area contributed by atoms with Gasteiger partial charge in [-0.05, 0) is 49.6 Å². The van der Waals surface area contributed by atoms with Crippen molar-refractivity contribution in [1.82, 2.24) is 14.8 Å². The Bertz CT molecular complexity index is 1440. The molecule has 0 bridgehead atoms. The zero-order chi connectivity index (χ0) is 23.1. The topological polar surface area (TPSA) is 102 Å². The summed E-state index contributed by atoms with van der Waals surface area (Å²) in [5.74, 6) is 1.06. The first-order chi connectivity index (χ1) is 16.0. The molecule has 0 aliphatic carbocycles. The molecule has 0 spiro atoms. The molecule has 0 saturated heterocycles. The molecule has 0 saturated carbocycles. The van der Waals surface area contributed by atoms with Crippen molar-refractivity contribution >= 4 is 10.9 Å². The smallest absolute Gasteiger partial charge is 0.244 e. The molecule has 166 valence electrons. The molecule has 2 aromatic heterocycles. The van der Waals surface area contributed by atoms with Crippen molar-refractivity contribution in [2.75, 3.05) is 6.61 Å². The monoisotopic (exact) mass is 439 g/mol. The van der Waals surface area contributed by atoms with E-state index in [0.717, 1.165) is 39.0 Å². The van der Waals surface area contributed by atoms with Crippen LogP contribution in [0.2, 0.25) is 0 Å². The highest BCUT2D eigenvalue weighted by molar-refractivity contribution is 5.86. The Morgan fingerprint density at radius 3 is 2.85 bits per heavy atom. The summed E-state index contributed by atoms with van der Waals surface area (Å²) in [6.45, 7) is 7.22. The van der Waals surface area contributed by atoms with E-state index in [0.29, 0.717) is 24.6 Å². The van der Waals surface area contributed by atoms with E-state index < -0.39 is 0 Å². The molecule has 0 amide bonds. The van der Waals surface area contributed by atoms with Gasteiger partial charge in [0.05, 0.1) is 12.5 Å². The molecule has 4 aromatic rings. The molecule has 1 aliphatic heterocycles. The number of benzene rings is 2. The largest absolute Gasteiger partial charge is 0.491 e. The highest BCUT2D eigenvalue weighted by Crippen LogP contribution is 2.45. The van der Waals surface area contributed by atoms with Crippen LogP contribution in [0, 0.1) is 32.1 Å². The second-order valence-corrected chi connectivity index (χ2v) is 8.40. The van der Waals surface area contributed by atoms with E-state index in [1.54, 1.807) is 0 Å². The molecule has 3 heterocycles. The molecule has 33 heavy (non-hydrogen) atoms. The van der Waals surface area contributed by atoms with Crippen LogP contribution in [0.3, 0.4) is 0 Å². The summed E-state index contributed by atoms with van der Waals surface area (Å²) in [4.78, 5) is 0. The summed E-state index contributed by atoms with van der Waals surface area (Å²) in [5, 5.41) is 18.2. The average Bonchev–Trinajstić information content (AvgIpc) is 3.36. The number of aryl methyl sites for hydroxylation is 3. The third kappa shape index (κ3) is 3.50. The molecule has 3 N–H and O–H groups in total. The lowest BCUT2D eigenvalue weighted by atomic mass is 9.84. The molecule has 5 rings (SSSR count). The molecule has 2 aromatic carbocycles. The summed E-state index contributed by atoms with van der Waals surface area (Å²) in [6, 6.07) is 16.7. The van der Waals surface area contributed by atoms with E-state index in [9.17, 15) is 5.26 Å². The number of para-hydroxylation sites is 1. The number of fused-ring (bicyclic) bond motifs is 2. The van der Waals surface area contributed by atoms with Gasteiger partial charge in [0.25, 0.3) is 0 Å². The second-order valence-electron chi connectivity index (χ2n) is 8.40. The number of hydrogen-bond donors (Lipinski definition) is 2. The van der Waals surface area contributed by atoms with Crippen LogP contribution in [-0.2, 0) is 6.54 Å². The summed E-state index contributed by atoms with van der Waals surface area (Å²) >= 11 is 0. The summed E-state index contributed by atoms with van der Waals surface area (Å²) in [7, 11) is 0. The minimum absolute atomic E-state index is 0.0941. The lowest BCUT2D eigenvalue weighted by Gasteiger charge is -2.23. The van der Waals surface area contributed by atoms with Gasteiger partial charge in [0.1, 0.15) is 24.0 Å². The van der Waals surface area contributed by atoms with E-state index in [2.05, 4.69) is 64.3 Å². The van der Waals surface area contributed by atoms with E-state index >= 15 is 0 Å². The van der Waals surface area contributed by atoms with Crippen LogP contribution in [0.25, 0.3) is 10.9 Å². The van der Waals surface area contributed by atoms with Crippen molar-refractivity contribution in [3.63, 3.8) is 0 Å². The molecule has 0 radical (unpaired) electrons. The molecule has 7 nitrogen and oxygen atoms in total. The quantitative estimate of drug-likeness (QED) is 0.474. The molecular weight excluding hydrogens is 414 g/mol. The first-order valence-electron chi connectivity index (χ1n) is 10.9. The molecule has 1 atom stereocenters. The van der Waals surface area contributed by atoms with Crippen LogP contribution in [0.5, 0.6) is 11.6 Å². The Kier molecular flexibility index (Phi) is 5.06. The lowest BCUT2D eigenvalue weighted by molar-refractivity contribution is 0.298. The number of allylic oxidation sites excluding steroid dienone is 1. The zero-order valence-electron chi connectivity index (χ0n) is 18.8. The Labute approximate surface area is 192 Å². The van der Waals surface area contributed by atoms with Crippen molar-refractivity contribution in [2.24, 2.45) is 5.73 Å². The molecular formula is C26H25N5O2. The Hall–Kier alpha value is -4.18. The van der Waals surface area contributed by atoms with Crippen molar-refractivity contribution in [2.45, 2.75) is 33.2 Å². The van der Waals surface area contributed by atoms with Crippen LogP contribution < -0.4 is 15.2 Å². The third-order valence-electron chi connectivity index (χ3n) is 6.19. The number of aromatic nitrogens is 3. The fourth-order valence-electron chi connectivity index (χ4n) is 4.52. The SMILES string of the molecule is Cc1ccc(C)c(OCCn2cc(C3C(C#N)=C(N)Oc4n[nH]c(C)c43)c3ccccc32)c1. The van der Waals surface area contributed by atoms with Crippen LogP contribution >= 0.6 is 0 Å². The third-order valence-corrected chi connectivity index (χ3v) is 6.19. The molecule has 1 aliphatic rings. The normalized spacial score (nSPS) is 15.3. The van der Waals surface area contributed by atoms with Gasteiger partial charge in [-0.2, -0.15) is 5.26 Å². The van der Waals surface area contributed by atoms with Crippen molar-refractivity contribution in [1.29, 1.82) is 5.26 Å². The van der Waals surface area contributed by atoms with E-state index in [4.69, 9.17) is 15.2 Å². The zero-order valence-corrected chi connectivity index (χ0v) is 18.8. The maximum Gasteiger partial charge on any atom is 0.244 e. The van der Waals surface area contributed by atoms with Crippen molar-refractivity contribution in [3.05, 3.63) is 88.1 Å². The Morgan fingerprint density at radius 2 is 2.03 bits per heavy atom. The summed E-state index contributed by atoms with van der Waals surface area (Å²) in [6.07, 6.45) is 2.09. The highest BCUT2D eigenvalue weighted by atomic mass is 16.5. The number of nitrogens with one attached hydrogen (secondary N) is 1. The fourth-order valence-corrected chi connectivity index (χ4v) is 4.52. The van der Waals surface area contributed by atoms with Gasteiger partial charge in [0.15, 0.2) is 0 Å². The average molecular weight is 440 g/mol. The van der Waals surface area contributed by atoms with Gasteiger partial charge in [-0.3, -0.25) is 5.10 Å². The van der Waals surface area contributed by atoms with E-state index in [-0.39, 0.29) is 11.8 Å². The number of rotatable bonds is 5. The van der Waals surface area contributed by atoms with Gasteiger partial charge in [0.2, 0.25) is 11.8 Å². The summed E-state index contributed by atoms with van der Waals surface area (Å²) < 4.78 is 13.9. The van der Waals surface area contributed by atoms with Crippen LogP contribution in [0.1, 0.15) is 33.9 Å². The predicted molar refractivity (Wildman–Crippen MR) is 126 cm³/mol. The molecule has 0 fully saturated rings. The maximum atomic E-state index is 9.92. The highest BCUT2D eigenvalue weighted by Gasteiger charge is 2.35. The molecule has 1 unspecified atom stereocenters. The van der Waals surface area contributed by atoms with Crippen molar-refractivity contribution < 1.29 is 9.47 Å². The number of nitriles is 1. The number of ether oxygens (including phenoxy) is 2. The Morgan fingerprint density at radius 1 is 1.21 bits per heavy atom. The van der Waals surface area contributed by atoms with Gasteiger partial charge in [0, 0.05) is 28.4 Å². The van der Waals surface area contributed by atoms with Gasteiger partial charge < -0.3 is 19.8 Å². The standard InChI is InChI=1S/C26H25N5O2/c1-15-8-9-16(2)22(12-15)32-11-10-31-14-20(18-6-4-5-7-21(18)31)24-19(13-27)25(28)33-26-23(24)17(3)29-30-26/h4-9,12,14,24H,10-11,28H2,1-3H3,(H,29,30). The van der Waals surface area contributed by atoms with Crippen LogP contribution in [0.15, 0.2) is 60.1 Å². The minimum Gasteiger partial charge on any atom is -0.491 e. The first kappa shape index (κ1) is 20.7. The number of nitrogens with zero attached hydrogens (tertiary/aromatic N) is 3.